The molecule has 0 aliphatic heterocycles. The lowest BCUT2D eigenvalue weighted by atomic mass is 10.0. The van der Waals surface area contributed by atoms with Crippen molar-refractivity contribution in [3.63, 3.8) is 0 Å². The Labute approximate surface area is 524 Å². The van der Waals surface area contributed by atoms with Crippen molar-refractivity contribution in [2.75, 3.05) is 39.6 Å². The van der Waals surface area contributed by atoms with E-state index < -0.39 is 97.5 Å². The first kappa shape index (κ1) is 84.1. The van der Waals surface area contributed by atoms with Crippen LogP contribution in [0.5, 0.6) is 0 Å². The highest BCUT2D eigenvalue weighted by Gasteiger charge is 2.30. The number of phosphoric ester groups is 2. The van der Waals surface area contributed by atoms with E-state index in [1.54, 1.807) is 0 Å². The third kappa shape index (κ3) is 60.9. The molecule has 0 aromatic rings. The lowest BCUT2D eigenvalue weighted by Crippen LogP contribution is -2.30. The lowest BCUT2D eigenvalue weighted by molar-refractivity contribution is -0.161. The zero-order valence-corrected chi connectivity index (χ0v) is 57.2. The maximum absolute atomic E-state index is 13.0. The van der Waals surface area contributed by atoms with E-state index in [0.29, 0.717) is 25.7 Å². The fourth-order valence-corrected chi connectivity index (χ4v) is 11.7. The molecule has 0 amide bonds. The standard InChI is InChI=1S/C67H130O17P2/c1-6-9-12-15-18-20-22-23-24-25-27-33-38-43-48-53-67(72)84-63(57-78-65(70)51-46-41-36-31-29-28-30-35-39-44-49-60(4)5)59-82-86(75,76)80-55-61(68)54-79-85(73,74)81-58-62(56-77-64(69)50-45-40-34-17-14-11-8-3)83-66(71)52-47-42-37-32-26-21-19-16-13-10-7-2/h60-63,68H,6-59H2,1-5H3,(H,73,74)(H,75,76)/t61-,62+,63+/m0/s1. The maximum atomic E-state index is 13.0. The van der Waals surface area contributed by atoms with Crippen molar-refractivity contribution in [1.29, 1.82) is 0 Å². The number of hydrogen-bond donors (Lipinski definition) is 3. The SMILES string of the molecule is CCCCCCCCCCCCCCCCCC(=O)O[C@H](COC(=O)CCCCCCCCCCCCC(C)C)COP(=O)(O)OC[C@@H](O)COP(=O)(O)OC[C@@H](COC(=O)CCCCCCCCC)OC(=O)CCCCCCCCCCCCC. The fourth-order valence-electron chi connectivity index (χ4n) is 10.1. The molecule has 19 heteroatoms. The van der Waals surface area contributed by atoms with Gasteiger partial charge in [0.15, 0.2) is 12.2 Å². The molecule has 0 bridgehead atoms. The van der Waals surface area contributed by atoms with Crippen molar-refractivity contribution in [1.82, 2.24) is 0 Å². The summed E-state index contributed by atoms with van der Waals surface area (Å²) in [6, 6.07) is 0. The minimum atomic E-state index is -4.95. The molecular weight excluding hydrogens is 1140 g/mol. The second-order valence-electron chi connectivity index (χ2n) is 24.7. The van der Waals surface area contributed by atoms with E-state index in [-0.39, 0.29) is 25.7 Å². The van der Waals surface area contributed by atoms with Crippen molar-refractivity contribution < 1.29 is 80.2 Å². The summed E-state index contributed by atoms with van der Waals surface area (Å²) < 4.78 is 68.1. The quantitative estimate of drug-likeness (QED) is 0.0222. The molecule has 0 aliphatic carbocycles. The molecule has 2 unspecified atom stereocenters. The van der Waals surface area contributed by atoms with Crippen LogP contribution >= 0.6 is 15.6 Å². The summed E-state index contributed by atoms with van der Waals surface area (Å²) in [5.74, 6) is -1.37. The number of rotatable bonds is 67. The van der Waals surface area contributed by atoms with Gasteiger partial charge in [-0.05, 0) is 31.6 Å². The molecule has 0 spiro atoms. The third-order valence-corrected chi connectivity index (χ3v) is 17.4. The second-order valence-corrected chi connectivity index (χ2v) is 27.6. The summed E-state index contributed by atoms with van der Waals surface area (Å²) in [5.41, 5.74) is 0. The summed E-state index contributed by atoms with van der Waals surface area (Å²) in [6.07, 6.45) is 45.8. The van der Waals surface area contributed by atoms with E-state index in [4.69, 9.17) is 37.0 Å². The molecule has 3 N–H and O–H groups in total. The average Bonchev–Trinajstić information content (AvgIpc) is 3.65. The maximum Gasteiger partial charge on any atom is 0.472 e. The van der Waals surface area contributed by atoms with Gasteiger partial charge in [-0.2, -0.15) is 0 Å². The van der Waals surface area contributed by atoms with Gasteiger partial charge in [-0.15, -0.1) is 0 Å². The van der Waals surface area contributed by atoms with Gasteiger partial charge in [-0.1, -0.05) is 291 Å². The van der Waals surface area contributed by atoms with E-state index in [1.807, 2.05) is 0 Å². The van der Waals surface area contributed by atoms with Crippen LogP contribution in [0.4, 0.5) is 0 Å². The number of hydrogen-bond acceptors (Lipinski definition) is 15. The third-order valence-electron chi connectivity index (χ3n) is 15.5. The minimum absolute atomic E-state index is 0.107. The van der Waals surface area contributed by atoms with E-state index in [2.05, 4.69) is 34.6 Å². The largest absolute Gasteiger partial charge is 0.472 e. The molecule has 0 aromatic heterocycles. The van der Waals surface area contributed by atoms with Crippen LogP contribution in [0.2, 0.25) is 0 Å². The molecule has 0 rings (SSSR count). The van der Waals surface area contributed by atoms with Gasteiger partial charge in [0.1, 0.15) is 19.3 Å². The number of carbonyl (C=O) groups is 4. The van der Waals surface area contributed by atoms with Crippen molar-refractivity contribution in [3.05, 3.63) is 0 Å². The molecule has 17 nitrogen and oxygen atoms in total. The van der Waals surface area contributed by atoms with E-state index in [1.165, 1.54) is 154 Å². The summed E-state index contributed by atoms with van der Waals surface area (Å²) >= 11 is 0. The van der Waals surface area contributed by atoms with E-state index in [9.17, 15) is 43.2 Å². The predicted octanol–water partition coefficient (Wildman–Crippen LogP) is 19.0. The molecule has 0 saturated carbocycles. The van der Waals surface area contributed by atoms with E-state index >= 15 is 0 Å². The van der Waals surface area contributed by atoms with Crippen molar-refractivity contribution in [3.8, 4) is 0 Å². The van der Waals surface area contributed by atoms with Crippen LogP contribution < -0.4 is 0 Å². The van der Waals surface area contributed by atoms with Gasteiger partial charge in [-0.3, -0.25) is 37.3 Å². The Morgan fingerprint density at radius 3 is 0.791 bits per heavy atom. The number of carbonyl (C=O) groups excluding carboxylic acids is 4. The number of phosphoric acid groups is 2. The Hall–Kier alpha value is -1.94. The zero-order chi connectivity index (χ0) is 63.5. The second kappa shape index (κ2) is 60.6. The van der Waals surface area contributed by atoms with Gasteiger partial charge in [0.2, 0.25) is 0 Å². The Bertz CT molecular complexity index is 1670. The van der Waals surface area contributed by atoms with E-state index in [0.717, 1.165) is 109 Å². The molecule has 0 aromatic carbocycles. The number of aliphatic hydroxyl groups is 1. The first-order valence-electron chi connectivity index (χ1n) is 35.1. The van der Waals surface area contributed by atoms with Crippen LogP contribution in [-0.2, 0) is 65.4 Å². The molecule has 510 valence electrons. The van der Waals surface area contributed by atoms with Crippen LogP contribution in [0.1, 0.15) is 343 Å². The number of unbranched alkanes of at least 4 members (excludes halogenated alkanes) is 39. The van der Waals surface area contributed by atoms with Crippen molar-refractivity contribution in [2.24, 2.45) is 5.92 Å². The summed E-state index contributed by atoms with van der Waals surface area (Å²) in [5, 5.41) is 10.5. The van der Waals surface area contributed by atoms with Crippen LogP contribution in [0.25, 0.3) is 0 Å². The summed E-state index contributed by atoms with van der Waals surface area (Å²) in [6.45, 7) is 7.18. The Kier molecular flexibility index (Phi) is 59.2. The average molecular weight is 1270 g/mol. The monoisotopic (exact) mass is 1270 g/mol. The van der Waals surface area contributed by atoms with Crippen LogP contribution in [0, 0.1) is 5.92 Å². The highest BCUT2D eigenvalue weighted by atomic mass is 31.2. The Morgan fingerprint density at radius 2 is 0.535 bits per heavy atom. The highest BCUT2D eigenvalue weighted by molar-refractivity contribution is 7.47. The number of aliphatic hydroxyl groups excluding tert-OH is 1. The summed E-state index contributed by atoms with van der Waals surface area (Å²) in [4.78, 5) is 72.3. The normalized spacial score (nSPS) is 14.2. The smallest absolute Gasteiger partial charge is 0.462 e. The van der Waals surface area contributed by atoms with Crippen LogP contribution in [-0.4, -0.2) is 96.7 Å². The van der Waals surface area contributed by atoms with Crippen LogP contribution in [0.15, 0.2) is 0 Å². The van der Waals surface area contributed by atoms with Gasteiger partial charge in [0.25, 0.3) is 0 Å². The fraction of sp³-hybridized carbons (Fsp3) is 0.940. The van der Waals surface area contributed by atoms with Gasteiger partial charge in [0.05, 0.1) is 26.4 Å². The lowest BCUT2D eigenvalue weighted by Gasteiger charge is -2.21. The minimum Gasteiger partial charge on any atom is -0.462 e. The molecule has 0 heterocycles. The highest BCUT2D eigenvalue weighted by Crippen LogP contribution is 2.45. The van der Waals surface area contributed by atoms with Crippen molar-refractivity contribution >= 4 is 39.5 Å². The molecule has 0 radical (unpaired) electrons. The molecule has 86 heavy (non-hydrogen) atoms. The van der Waals surface area contributed by atoms with Crippen molar-refractivity contribution in [2.45, 2.75) is 361 Å². The zero-order valence-electron chi connectivity index (χ0n) is 55.4. The Balaban J connectivity index is 5.21. The molecule has 5 atom stereocenters. The van der Waals surface area contributed by atoms with Crippen LogP contribution in [0.3, 0.4) is 0 Å². The van der Waals surface area contributed by atoms with Gasteiger partial charge in [0, 0.05) is 25.7 Å². The predicted molar refractivity (Wildman–Crippen MR) is 345 cm³/mol. The number of esters is 4. The molecule has 0 aliphatic rings. The molecule has 0 saturated heterocycles. The molecular formula is C67H130O17P2. The first-order chi connectivity index (χ1) is 41.5. The Morgan fingerprint density at radius 1 is 0.314 bits per heavy atom. The summed E-state index contributed by atoms with van der Waals surface area (Å²) in [7, 11) is -9.89. The topological polar surface area (TPSA) is 237 Å². The van der Waals surface area contributed by atoms with Gasteiger partial charge < -0.3 is 33.8 Å². The first-order valence-corrected chi connectivity index (χ1v) is 38.1. The molecule has 0 fully saturated rings. The number of ether oxygens (including phenoxy) is 4. The van der Waals surface area contributed by atoms with Gasteiger partial charge >= 0.3 is 39.5 Å². The van der Waals surface area contributed by atoms with Gasteiger partial charge in [-0.25, -0.2) is 9.13 Å².